The molecular weight excluding hydrogens is 270 g/mol. The van der Waals surface area contributed by atoms with Gasteiger partial charge in [-0.1, -0.05) is 23.4 Å². The molecule has 1 aromatic heterocycles. The average Bonchev–Trinajstić information content (AvgIpc) is 2.30. The van der Waals surface area contributed by atoms with Crippen molar-refractivity contribution in [1.29, 1.82) is 5.26 Å². The molecule has 90 valence electrons. The van der Waals surface area contributed by atoms with Crippen molar-refractivity contribution in [3.8, 4) is 6.07 Å². The SMILES string of the molecule is Cc1cc(=O)[nH]c(Sc2ccc(C#N)cc2Cl)n1. The van der Waals surface area contributed by atoms with E-state index in [0.29, 0.717) is 21.4 Å². The van der Waals surface area contributed by atoms with Gasteiger partial charge < -0.3 is 4.98 Å². The topological polar surface area (TPSA) is 69.5 Å². The number of aryl methyl sites for hydroxylation is 1. The third-order valence-electron chi connectivity index (χ3n) is 2.12. The summed E-state index contributed by atoms with van der Waals surface area (Å²) >= 11 is 7.30. The molecule has 0 aliphatic carbocycles. The highest BCUT2D eigenvalue weighted by atomic mass is 35.5. The molecule has 0 spiro atoms. The second-order valence-corrected chi connectivity index (χ2v) is 4.99. The van der Waals surface area contributed by atoms with E-state index >= 15 is 0 Å². The zero-order valence-electron chi connectivity index (χ0n) is 9.40. The van der Waals surface area contributed by atoms with Crippen molar-refractivity contribution < 1.29 is 0 Å². The Morgan fingerprint density at radius 3 is 2.83 bits per heavy atom. The van der Waals surface area contributed by atoms with Crippen LogP contribution < -0.4 is 5.56 Å². The van der Waals surface area contributed by atoms with Gasteiger partial charge in [-0.2, -0.15) is 5.26 Å². The first-order valence-corrected chi connectivity index (χ1v) is 6.23. The number of halogens is 1. The van der Waals surface area contributed by atoms with E-state index in [0.717, 1.165) is 4.90 Å². The maximum Gasteiger partial charge on any atom is 0.251 e. The molecule has 1 N–H and O–H groups in total. The van der Waals surface area contributed by atoms with Crippen LogP contribution in [0.5, 0.6) is 0 Å². The fourth-order valence-electron chi connectivity index (χ4n) is 1.36. The Morgan fingerprint density at radius 2 is 2.22 bits per heavy atom. The molecule has 0 radical (unpaired) electrons. The zero-order valence-corrected chi connectivity index (χ0v) is 11.0. The van der Waals surface area contributed by atoms with Crippen LogP contribution in [-0.2, 0) is 0 Å². The Balaban J connectivity index is 2.34. The quantitative estimate of drug-likeness (QED) is 0.857. The van der Waals surface area contributed by atoms with Crippen molar-refractivity contribution in [3.63, 3.8) is 0 Å². The van der Waals surface area contributed by atoms with Crippen molar-refractivity contribution in [2.75, 3.05) is 0 Å². The van der Waals surface area contributed by atoms with Gasteiger partial charge in [-0.15, -0.1) is 0 Å². The minimum absolute atomic E-state index is 0.199. The van der Waals surface area contributed by atoms with E-state index < -0.39 is 0 Å². The number of aromatic nitrogens is 2. The number of aromatic amines is 1. The maximum absolute atomic E-state index is 11.3. The van der Waals surface area contributed by atoms with Gasteiger partial charge in [-0.05, 0) is 25.1 Å². The van der Waals surface area contributed by atoms with Gasteiger partial charge >= 0.3 is 0 Å². The number of nitrogens with zero attached hydrogens (tertiary/aromatic N) is 2. The van der Waals surface area contributed by atoms with E-state index in [-0.39, 0.29) is 5.56 Å². The van der Waals surface area contributed by atoms with Gasteiger partial charge in [0, 0.05) is 16.7 Å². The summed E-state index contributed by atoms with van der Waals surface area (Å²) in [6, 6.07) is 8.41. The van der Waals surface area contributed by atoms with Crippen molar-refractivity contribution >= 4 is 23.4 Å². The zero-order chi connectivity index (χ0) is 13.1. The predicted molar refractivity (Wildman–Crippen MR) is 69.9 cm³/mol. The van der Waals surface area contributed by atoms with Gasteiger partial charge in [0.05, 0.1) is 16.7 Å². The summed E-state index contributed by atoms with van der Waals surface area (Å²) in [5.74, 6) is 0. The molecule has 0 aliphatic rings. The molecule has 6 heteroatoms. The molecule has 18 heavy (non-hydrogen) atoms. The van der Waals surface area contributed by atoms with Crippen molar-refractivity contribution in [2.45, 2.75) is 17.0 Å². The number of hydrogen-bond donors (Lipinski definition) is 1. The van der Waals surface area contributed by atoms with E-state index in [1.807, 2.05) is 6.07 Å². The smallest absolute Gasteiger partial charge is 0.251 e. The minimum Gasteiger partial charge on any atom is -0.301 e. The number of nitrogens with one attached hydrogen (secondary N) is 1. The molecule has 0 amide bonds. The minimum atomic E-state index is -0.199. The third kappa shape index (κ3) is 2.92. The lowest BCUT2D eigenvalue weighted by Gasteiger charge is -2.04. The Morgan fingerprint density at radius 1 is 1.44 bits per heavy atom. The van der Waals surface area contributed by atoms with Crippen molar-refractivity contribution in [2.24, 2.45) is 0 Å². The second-order valence-electron chi connectivity index (χ2n) is 3.55. The Hall–Kier alpha value is -1.77. The Kier molecular flexibility index (Phi) is 3.70. The van der Waals surface area contributed by atoms with Crippen LogP contribution in [0.1, 0.15) is 11.3 Å². The summed E-state index contributed by atoms with van der Waals surface area (Å²) in [6.07, 6.45) is 0. The first kappa shape index (κ1) is 12.7. The number of nitriles is 1. The van der Waals surface area contributed by atoms with Crippen LogP contribution in [0.3, 0.4) is 0 Å². The van der Waals surface area contributed by atoms with Crippen LogP contribution in [0.4, 0.5) is 0 Å². The molecule has 0 atom stereocenters. The highest BCUT2D eigenvalue weighted by molar-refractivity contribution is 7.99. The summed E-state index contributed by atoms with van der Waals surface area (Å²) in [4.78, 5) is 18.9. The van der Waals surface area contributed by atoms with Gasteiger partial charge in [0.2, 0.25) is 0 Å². The fraction of sp³-hybridized carbons (Fsp3) is 0.0833. The third-order valence-corrected chi connectivity index (χ3v) is 3.50. The summed E-state index contributed by atoms with van der Waals surface area (Å²) in [7, 11) is 0. The van der Waals surface area contributed by atoms with Crippen LogP contribution in [0.25, 0.3) is 0 Å². The van der Waals surface area contributed by atoms with E-state index in [1.54, 1.807) is 25.1 Å². The van der Waals surface area contributed by atoms with Crippen LogP contribution in [-0.4, -0.2) is 9.97 Å². The number of rotatable bonds is 2. The first-order chi connectivity index (χ1) is 8.58. The number of H-pyrrole nitrogens is 1. The number of benzene rings is 1. The molecule has 0 fully saturated rings. The summed E-state index contributed by atoms with van der Waals surface area (Å²) in [5.41, 5.74) is 0.941. The molecule has 1 aromatic carbocycles. The Bertz CT molecular complexity index is 690. The molecule has 4 nitrogen and oxygen atoms in total. The molecule has 1 heterocycles. The van der Waals surface area contributed by atoms with Crippen LogP contribution >= 0.6 is 23.4 Å². The molecule has 0 aliphatic heterocycles. The lowest BCUT2D eigenvalue weighted by atomic mass is 10.2. The van der Waals surface area contributed by atoms with Gasteiger partial charge in [0.15, 0.2) is 5.16 Å². The second kappa shape index (κ2) is 5.25. The highest BCUT2D eigenvalue weighted by Crippen LogP contribution is 2.31. The summed E-state index contributed by atoms with van der Waals surface area (Å²) < 4.78 is 0. The molecule has 0 bridgehead atoms. The molecule has 2 aromatic rings. The summed E-state index contributed by atoms with van der Waals surface area (Å²) in [5, 5.41) is 9.68. The monoisotopic (exact) mass is 277 g/mol. The average molecular weight is 278 g/mol. The fourth-order valence-corrected chi connectivity index (χ4v) is 2.50. The van der Waals surface area contributed by atoms with Gasteiger partial charge in [-0.3, -0.25) is 4.79 Å². The molecule has 0 unspecified atom stereocenters. The van der Waals surface area contributed by atoms with E-state index in [2.05, 4.69) is 9.97 Å². The lowest BCUT2D eigenvalue weighted by molar-refractivity contribution is 0.905. The number of hydrogen-bond acceptors (Lipinski definition) is 4. The molecule has 0 saturated heterocycles. The van der Waals surface area contributed by atoms with Gasteiger partial charge in [-0.25, -0.2) is 4.98 Å². The van der Waals surface area contributed by atoms with E-state index in [1.165, 1.54) is 17.8 Å². The largest absolute Gasteiger partial charge is 0.301 e. The van der Waals surface area contributed by atoms with Gasteiger partial charge in [0.25, 0.3) is 5.56 Å². The molecule has 0 saturated carbocycles. The maximum atomic E-state index is 11.3. The van der Waals surface area contributed by atoms with Gasteiger partial charge in [0.1, 0.15) is 0 Å². The van der Waals surface area contributed by atoms with Crippen LogP contribution in [0, 0.1) is 18.3 Å². The highest BCUT2D eigenvalue weighted by Gasteiger charge is 2.06. The van der Waals surface area contributed by atoms with Crippen LogP contribution in [0.2, 0.25) is 5.02 Å². The lowest BCUT2D eigenvalue weighted by Crippen LogP contribution is -2.07. The molecule has 2 rings (SSSR count). The standard InChI is InChI=1S/C12H8ClN3OS/c1-7-4-11(17)16-12(15-7)18-10-3-2-8(6-14)5-9(10)13/h2-5H,1H3,(H,15,16,17). The molecular formula is C12H8ClN3OS. The summed E-state index contributed by atoms with van der Waals surface area (Å²) in [6.45, 7) is 1.75. The van der Waals surface area contributed by atoms with Crippen molar-refractivity contribution in [3.05, 3.63) is 50.9 Å². The Labute approximate surface area is 113 Å². The van der Waals surface area contributed by atoms with E-state index in [9.17, 15) is 4.79 Å². The van der Waals surface area contributed by atoms with Crippen LogP contribution in [0.15, 0.2) is 39.1 Å². The first-order valence-electron chi connectivity index (χ1n) is 5.04. The van der Waals surface area contributed by atoms with Crippen molar-refractivity contribution in [1.82, 2.24) is 9.97 Å². The predicted octanol–water partition coefficient (Wildman–Crippen LogP) is 2.75. The van der Waals surface area contributed by atoms with E-state index in [4.69, 9.17) is 16.9 Å². The normalized spacial score (nSPS) is 10.1.